The quantitative estimate of drug-likeness (QED) is 0.0748. The summed E-state index contributed by atoms with van der Waals surface area (Å²) in [5.74, 6) is -2.32. The van der Waals surface area contributed by atoms with Gasteiger partial charge in [0, 0.05) is 41.4 Å². The maximum Gasteiger partial charge on any atom is 1.00 e. The molecule has 0 saturated carbocycles. The monoisotopic (exact) mass is 797 g/mol. The van der Waals surface area contributed by atoms with Crippen LogP contribution in [0.3, 0.4) is 0 Å². The van der Waals surface area contributed by atoms with Crippen molar-refractivity contribution in [3.8, 4) is 0 Å². The van der Waals surface area contributed by atoms with E-state index in [9.17, 15) is 27.7 Å². The van der Waals surface area contributed by atoms with Crippen LogP contribution in [0, 0.1) is 7.05 Å². The molecule has 0 fully saturated rings. The number of carbonyl (C=O) groups is 2. The van der Waals surface area contributed by atoms with Crippen LogP contribution in [0.25, 0.3) is 21.5 Å². The minimum absolute atomic E-state index is 0. The van der Waals surface area contributed by atoms with Crippen LogP contribution in [-0.4, -0.2) is 41.0 Å². The molecule has 5 aromatic rings. The molecule has 9 nitrogen and oxygen atoms in total. The molecule has 0 spiro atoms. The van der Waals surface area contributed by atoms with Gasteiger partial charge in [-0.1, -0.05) is 119 Å². The van der Waals surface area contributed by atoms with Crippen molar-refractivity contribution in [1.29, 1.82) is 0 Å². The van der Waals surface area contributed by atoms with Crippen molar-refractivity contribution < 1.29 is 91.4 Å². The fourth-order valence-electron chi connectivity index (χ4n) is 8.13. The molecule has 0 bridgehead atoms. The molecule has 1 amide bonds. The zero-order chi connectivity index (χ0) is 39.3. The number of allylic oxidation sites excluding steroid dienone is 6. The van der Waals surface area contributed by atoms with Crippen molar-refractivity contribution in [3.05, 3.63) is 156 Å². The predicted octanol–water partition coefficient (Wildman–Crippen LogP) is 1.62. The smallest absolute Gasteiger partial charge is 0.747 e. The van der Waals surface area contributed by atoms with E-state index in [-0.39, 0.29) is 77.0 Å². The van der Waals surface area contributed by atoms with E-state index in [1.165, 1.54) is 29.8 Å². The molecule has 0 unspecified atom stereocenters. The van der Waals surface area contributed by atoms with Gasteiger partial charge in [-0.15, -0.1) is 0 Å². The number of hydrogen-bond donors (Lipinski definition) is 1. The summed E-state index contributed by atoms with van der Waals surface area (Å²) in [6.07, 6.45) is 8.11. The van der Waals surface area contributed by atoms with E-state index in [0.717, 1.165) is 44.1 Å². The van der Waals surface area contributed by atoms with Crippen LogP contribution in [0.15, 0.2) is 133 Å². The van der Waals surface area contributed by atoms with Crippen LogP contribution >= 0.6 is 0 Å². The molecule has 0 saturated heterocycles. The van der Waals surface area contributed by atoms with Crippen LogP contribution in [-0.2, 0) is 25.7 Å². The number of carbonyl (C=O) groups excluding carboxylic acids is 2. The van der Waals surface area contributed by atoms with Crippen molar-refractivity contribution in [2.24, 2.45) is 0 Å². The van der Waals surface area contributed by atoms with Crippen LogP contribution in [0.1, 0.15) is 62.0 Å². The van der Waals surface area contributed by atoms with Gasteiger partial charge in [-0.05, 0) is 80.6 Å². The zero-order valence-electron chi connectivity index (χ0n) is 33.1. The van der Waals surface area contributed by atoms with Crippen LogP contribution in [0.4, 0.5) is 17.1 Å². The molecule has 2 heterocycles. The van der Waals surface area contributed by atoms with E-state index in [0.29, 0.717) is 23.5 Å². The first kappa shape index (κ1) is 44.1. The molecule has 57 heavy (non-hydrogen) atoms. The summed E-state index contributed by atoms with van der Waals surface area (Å²) in [5, 5.41) is 18.3. The average molecular weight is 798 g/mol. The normalized spacial score (nSPS) is 16.4. The van der Waals surface area contributed by atoms with Gasteiger partial charge in [-0.3, -0.25) is 4.79 Å². The van der Waals surface area contributed by atoms with Gasteiger partial charge in [0.15, 0.2) is 0 Å². The third kappa shape index (κ3) is 8.75. The Kier molecular flexibility index (Phi) is 13.2. The Morgan fingerprint density at radius 1 is 0.807 bits per heavy atom. The Labute approximate surface area is 378 Å². The molecule has 2 aliphatic rings. The van der Waals surface area contributed by atoms with Crippen molar-refractivity contribution in [2.75, 3.05) is 16.1 Å². The Balaban J connectivity index is 0.00000310. The van der Waals surface area contributed by atoms with Gasteiger partial charge in [0.05, 0.1) is 11.7 Å². The molecule has 280 valence electrons. The Morgan fingerprint density at radius 2 is 1.40 bits per heavy atom. The van der Waals surface area contributed by atoms with E-state index < -0.39 is 32.8 Å². The average Bonchev–Trinajstić information content (AvgIpc) is 3.47. The Hall–Kier alpha value is -3.97. The van der Waals surface area contributed by atoms with E-state index in [4.69, 9.17) is 0 Å². The molecule has 2 aliphatic heterocycles. The summed E-state index contributed by atoms with van der Waals surface area (Å²) in [7, 11) is -0.256. The summed E-state index contributed by atoms with van der Waals surface area (Å²) in [5.41, 5.74) is 5.48. The van der Waals surface area contributed by atoms with Crippen LogP contribution in [0.5, 0.6) is 0 Å². The molecule has 0 radical (unpaired) electrons. The number of aromatic carboxylic acids is 1. The van der Waals surface area contributed by atoms with Crippen molar-refractivity contribution in [1.82, 2.24) is 0 Å². The molecule has 0 atom stereocenters. The van der Waals surface area contributed by atoms with Gasteiger partial charge in [0.1, 0.15) is 21.7 Å². The van der Waals surface area contributed by atoms with Crippen LogP contribution < -0.4 is 74.4 Å². The van der Waals surface area contributed by atoms with E-state index in [1.54, 1.807) is 4.90 Å². The number of carboxylic acid groups (broad SMARTS) is 1. The summed E-state index contributed by atoms with van der Waals surface area (Å²) in [6, 6.07) is 29.9. The molecule has 0 aliphatic carbocycles. The number of anilines is 2. The summed E-state index contributed by atoms with van der Waals surface area (Å²) >= 11 is 0. The summed E-state index contributed by atoms with van der Waals surface area (Å²) < 4.78 is 38.9. The van der Waals surface area contributed by atoms with Crippen LogP contribution in [0.2, 0.25) is 0 Å². The molecule has 5 aromatic carbocycles. The fraction of sp³-hybridized carbons (Fsp3) is 0.200. The maximum absolute atomic E-state index is 13.2. The third-order valence-corrected chi connectivity index (χ3v) is 11.3. The first-order valence-electron chi connectivity index (χ1n) is 18.0. The second kappa shape index (κ2) is 17.1. The molecule has 7 rings (SSSR count). The van der Waals surface area contributed by atoms with Gasteiger partial charge in [0.25, 0.3) is 0 Å². The topological polar surface area (TPSA) is 133 Å². The molecular formula is C45H41N3Na2O6S. The molecule has 0 aromatic heterocycles. The third-order valence-electron chi connectivity index (χ3n) is 10.8. The van der Waals surface area contributed by atoms with Crippen molar-refractivity contribution >= 4 is 66.3 Å². The minimum atomic E-state index is -4.67. The Morgan fingerprint density at radius 3 is 2.02 bits per heavy atom. The number of benzene rings is 5. The second-order valence-corrected chi connectivity index (χ2v) is 16.5. The number of amides is 1. The summed E-state index contributed by atoms with van der Waals surface area (Å²) in [6.45, 7) is 8.36. The van der Waals surface area contributed by atoms with Gasteiger partial charge in [0.2, 0.25) is 5.91 Å². The van der Waals surface area contributed by atoms with Gasteiger partial charge < -0.3 is 29.2 Å². The van der Waals surface area contributed by atoms with E-state index in [2.05, 4.69) is 50.5 Å². The first-order valence-corrected chi connectivity index (χ1v) is 19.6. The second-order valence-electron chi connectivity index (χ2n) is 15.1. The standard InChI is InChI=1S/C45H43N3O6S.2Na/c1-44(2)38(47(5)36-23-19-30-10-6-8-12-34(30)41(36)44)25-14-29(16-27-40(49)46-33-21-17-32(18-22-33)43(50)51)15-26-39-45(3,4)42-35-13-9-7-11-31(35)20-24-37(42)48(39)28-55(52,53)54;;/h6-15,17-26H,5,16,27-28H2,1-4H3,(H,46,49)(H,50,51)(H,52,53,54);;/q;2*+1/p-2/b25-14+,29-15-,39-26+;;. The number of fused-ring (bicyclic) bond motifs is 6. The number of nitrogens with zero attached hydrogens (tertiary/aromatic N) is 2. The number of nitrogens with one attached hydrogen (secondary N) is 1. The van der Waals surface area contributed by atoms with Gasteiger partial charge in [-0.2, -0.15) is 0 Å². The van der Waals surface area contributed by atoms with Crippen molar-refractivity contribution in [3.63, 3.8) is 0 Å². The van der Waals surface area contributed by atoms with Crippen molar-refractivity contribution in [2.45, 2.75) is 51.4 Å². The Bertz CT molecular complexity index is 2650. The molecular weight excluding hydrogens is 757 g/mol. The SMILES string of the molecule is [CH2-][N+]1=C(/C=C/C(=C/C=C2/N(CS(=O)(=O)[O-])c3ccc4ccccc4c3C2(C)C)CCC(=O)Nc2ccc(C(=O)[O-])cc2)C(C)(C)c2c1ccc1ccccc21.[Na+].[Na+]. The number of carboxylic acids is 1. The van der Waals surface area contributed by atoms with E-state index in [1.807, 2.05) is 91.3 Å². The molecule has 12 heteroatoms. The molecule has 1 N–H and O–H groups in total. The number of rotatable bonds is 10. The first-order chi connectivity index (χ1) is 26.1. The van der Waals surface area contributed by atoms with Gasteiger partial charge in [-0.25, -0.2) is 8.42 Å². The predicted molar refractivity (Wildman–Crippen MR) is 215 cm³/mol. The number of hydrogen-bond acceptors (Lipinski definition) is 7. The fourth-order valence-corrected chi connectivity index (χ4v) is 8.73. The summed E-state index contributed by atoms with van der Waals surface area (Å²) in [4.78, 5) is 26.0. The largest absolute Gasteiger partial charge is 1.00 e. The zero-order valence-corrected chi connectivity index (χ0v) is 37.9. The van der Waals surface area contributed by atoms with Gasteiger partial charge >= 0.3 is 59.1 Å². The minimum Gasteiger partial charge on any atom is -0.747 e. The van der Waals surface area contributed by atoms with E-state index >= 15 is 0 Å². The maximum atomic E-state index is 13.2.